The van der Waals surface area contributed by atoms with Gasteiger partial charge in [0.2, 0.25) is 11.8 Å². The minimum atomic E-state index is -1.01. The summed E-state index contributed by atoms with van der Waals surface area (Å²) in [5.41, 5.74) is 9.84. The van der Waals surface area contributed by atoms with Gasteiger partial charge in [-0.15, -0.1) is 0 Å². The predicted octanol–water partition coefficient (Wildman–Crippen LogP) is 1.90. The Morgan fingerprint density at radius 2 is 1.35 bits per heavy atom. The Morgan fingerprint density at radius 1 is 0.719 bits per heavy atom. The van der Waals surface area contributed by atoms with Gasteiger partial charge >= 0.3 is 0 Å². The molecule has 0 bridgehead atoms. The summed E-state index contributed by atoms with van der Waals surface area (Å²) >= 11 is 0. The molecule has 16 nitrogen and oxygen atoms in total. The lowest BCUT2D eigenvalue weighted by atomic mass is 9.86. The van der Waals surface area contributed by atoms with Gasteiger partial charge in [0.15, 0.2) is 0 Å². The van der Waals surface area contributed by atoms with Gasteiger partial charge in [0, 0.05) is 58.3 Å². The Bertz CT molecular complexity index is 1660. The minimum Gasteiger partial charge on any atom is -0.491 e. The second kappa shape index (κ2) is 21.6. The second-order valence-electron chi connectivity index (χ2n) is 15.0. The number of benzene rings is 2. The smallest absolute Gasteiger partial charge is 0.262 e. The van der Waals surface area contributed by atoms with Gasteiger partial charge in [-0.05, 0) is 73.9 Å². The first kappa shape index (κ1) is 42.4. The molecule has 1 unspecified atom stereocenters. The fraction of sp³-hybridized carbons (Fsp3) is 0.610. The van der Waals surface area contributed by atoms with Crippen LogP contribution in [-0.4, -0.2) is 154 Å². The van der Waals surface area contributed by atoms with Crippen molar-refractivity contribution in [2.24, 2.45) is 5.92 Å². The average molecular weight is 795 g/mol. The van der Waals surface area contributed by atoms with E-state index in [0.29, 0.717) is 77.2 Å². The zero-order chi connectivity index (χ0) is 40.0. The van der Waals surface area contributed by atoms with Crippen molar-refractivity contribution in [1.29, 1.82) is 0 Å². The van der Waals surface area contributed by atoms with Crippen LogP contribution >= 0.6 is 0 Å². The summed E-state index contributed by atoms with van der Waals surface area (Å²) in [5, 5.41) is 15.2. The number of piperazine rings is 1. The van der Waals surface area contributed by atoms with Crippen LogP contribution in [0.1, 0.15) is 64.8 Å². The number of rotatable bonds is 22. The van der Waals surface area contributed by atoms with E-state index >= 15 is 0 Å². The van der Waals surface area contributed by atoms with Crippen molar-refractivity contribution < 1.29 is 48.0 Å². The van der Waals surface area contributed by atoms with E-state index in [2.05, 4.69) is 38.6 Å². The van der Waals surface area contributed by atoms with E-state index in [1.165, 1.54) is 17.7 Å². The Morgan fingerprint density at radius 3 is 2.00 bits per heavy atom. The molecule has 0 aromatic heterocycles. The molecule has 2 aromatic rings. The molecule has 1 aliphatic carbocycles. The van der Waals surface area contributed by atoms with E-state index in [0.717, 1.165) is 81.2 Å². The molecule has 1 saturated carbocycles. The van der Waals surface area contributed by atoms with E-state index in [1.807, 2.05) is 0 Å². The molecule has 4 aliphatic rings. The van der Waals surface area contributed by atoms with Crippen LogP contribution in [0.15, 0.2) is 36.4 Å². The number of piperidine rings is 1. The number of nitrogens with zero attached hydrogens (tertiary/aromatic N) is 3. The number of ether oxygens (including phenoxy) is 5. The quantitative estimate of drug-likeness (QED) is 0.0767. The van der Waals surface area contributed by atoms with E-state index in [1.54, 1.807) is 6.07 Å². The number of anilines is 2. The summed E-state index contributed by atoms with van der Waals surface area (Å²) in [6.07, 6.45) is 4.44. The van der Waals surface area contributed by atoms with E-state index in [9.17, 15) is 24.3 Å². The molecule has 0 spiro atoms. The van der Waals surface area contributed by atoms with E-state index < -0.39 is 29.7 Å². The molecule has 3 fully saturated rings. The summed E-state index contributed by atoms with van der Waals surface area (Å²) in [6, 6.07) is 10.4. The van der Waals surface area contributed by atoms with Gasteiger partial charge in [-0.2, -0.15) is 0 Å². The molecular weight excluding hydrogens is 736 g/mol. The molecule has 3 aliphatic heterocycles. The first-order chi connectivity index (χ1) is 27.8. The summed E-state index contributed by atoms with van der Waals surface area (Å²) < 4.78 is 28.2. The second-order valence-corrected chi connectivity index (χ2v) is 15.0. The number of aliphatic hydroxyl groups excluding tert-OH is 1. The molecule has 3 heterocycles. The lowest BCUT2D eigenvalue weighted by molar-refractivity contribution is -0.136. The number of hydrogen-bond acceptors (Lipinski definition) is 14. The zero-order valence-electron chi connectivity index (χ0n) is 32.8. The van der Waals surface area contributed by atoms with Crippen LogP contribution in [0.25, 0.3) is 0 Å². The van der Waals surface area contributed by atoms with Gasteiger partial charge in [0.25, 0.3) is 11.8 Å². The Hall–Kier alpha value is -4.16. The van der Waals surface area contributed by atoms with Crippen LogP contribution in [0, 0.1) is 5.92 Å². The summed E-state index contributed by atoms with van der Waals surface area (Å²) in [6.45, 7) is 10.1. The number of carbonyl (C=O) groups is 4. The summed E-state index contributed by atoms with van der Waals surface area (Å²) in [7, 11) is 0. The van der Waals surface area contributed by atoms with Crippen molar-refractivity contribution in [1.82, 2.24) is 20.0 Å². The Balaban J connectivity index is 0.723. The van der Waals surface area contributed by atoms with Crippen molar-refractivity contribution in [3.63, 3.8) is 0 Å². The largest absolute Gasteiger partial charge is 0.491 e. The van der Waals surface area contributed by atoms with Crippen molar-refractivity contribution >= 4 is 35.0 Å². The molecule has 16 heteroatoms. The molecular formula is C41H58N6O10. The van der Waals surface area contributed by atoms with Crippen molar-refractivity contribution in [3.8, 4) is 5.75 Å². The third kappa shape index (κ3) is 12.2. The molecule has 312 valence electrons. The molecule has 4 amide bonds. The normalized spacial score (nSPS) is 21.8. The monoisotopic (exact) mass is 794 g/mol. The fourth-order valence-corrected chi connectivity index (χ4v) is 7.69. The van der Waals surface area contributed by atoms with Crippen LogP contribution < -0.4 is 21.1 Å². The van der Waals surface area contributed by atoms with Crippen LogP contribution in [0.2, 0.25) is 0 Å². The third-order valence-electron chi connectivity index (χ3n) is 11.0. The van der Waals surface area contributed by atoms with Gasteiger partial charge in [-0.1, -0.05) is 6.07 Å². The number of hydrogen-bond donors (Lipinski definition) is 4. The van der Waals surface area contributed by atoms with Crippen LogP contribution in [0.3, 0.4) is 0 Å². The van der Waals surface area contributed by atoms with Crippen LogP contribution in [0.4, 0.5) is 11.4 Å². The van der Waals surface area contributed by atoms with Gasteiger partial charge in [-0.25, -0.2) is 0 Å². The lowest BCUT2D eigenvalue weighted by Gasteiger charge is -2.34. The van der Waals surface area contributed by atoms with Gasteiger partial charge in [0.05, 0.1) is 75.4 Å². The molecule has 2 saturated heterocycles. The van der Waals surface area contributed by atoms with Crippen molar-refractivity contribution in [2.75, 3.05) is 110 Å². The number of nitrogens with one attached hydrogen (secondary N) is 2. The Kier molecular flexibility index (Phi) is 16.1. The molecule has 1 atom stereocenters. The number of aliphatic hydroxyl groups is 1. The highest BCUT2D eigenvalue weighted by atomic mass is 16.6. The Labute approximate surface area is 334 Å². The first-order valence-electron chi connectivity index (χ1n) is 20.3. The zero-order valence-corrected chi connectivity index (χ0v) is 32.8. The molecule has 2 aromatic carbocycles. The van der Waals surface area contributed by atoms with Crippen LogP contribution in [0.5, 0.6) is 5.75 Å². The molecule has 5 N–H and O–H groups in total. The van der Waals surface area contributed by atoms with Crippen molar-refractivity contribution in [3.05, 3.63) is 53.1 Å². The topological polar surface area (TPSA) is 194 Å². The third-order valence-corrected chi connectivity index (χ3v) is 11.0. The lowest BCUT2D eigenvalue weighted by Crippen LogP contribution is -2.54. The minimum absolute atomic E-state index is 0.0660. The molecule has 57 heavy (non-hydrogen) atoms. The van der Waals surface area contributed by atoms with Crippen molar-refractivity contribution in [2.45, 2.75) is 57.2 Å². The summed E-state index contributed by atoms with van der Waals surface area (Å²) in [5.74, 6) is -1.35. The van der Waals surface area contributed by atoms with Gasteiger partial charge < -0.3 is 39.8 Å². The SMILES string of the molecule is Nc1cc(CN2CCN(CCOCCOCCOCCOCCOc3ccc4c(c3)C(=O)N(C3CCC(=O)NC3=O)C4=O)CC2)ccc1N[C@H]1CC[C@@H](CO)CC1. The number of nitrogens with two attached hydrogens (primary N) is 1. The summed E-state index contributed by atoms with van der Waals surface area (Å²) in [4.78, 5) is 55.4. The number of amides is 4. The number of fused-ring (bicyclic) bond motifs is 1. The highest BCUT2D eigenvalue weighted by Gasteiger charge is 2.44. The average Bonchev–Trinajstić information content (AvgIpc) is 3.46. The maximum absolute atomic E-state index is 13.0. The molecule has 6 rings (SSSR count). The first-order valence-corrected chi connectivity index (χ1v) is 20.3. The highest BCUT2D eigenvalue weighted by Crippen LogP contribution is 2.31. The number of nitrogen functional groups attached to an aromatic ring is 1. The van der Waals surface area contributed by atoms with E-state index in [-0.39, 0.29) is 30.6 Å². The maximum Gasteiger partial charge on any atom is 0.262 e. The van der Waals surface area contributed by atoms with Crippen LogP contribution in [-0.2, 0) is 35.1 Å². The molecule has 0 radical (unpaired) electrons. The van der Waals surface area contributed by atoms with Gasteiger partial charge in [0.1, 0.15) is 18.4 Å². The maximum atomic E-state index is 13.0. The standard InChI is InChI=1S/C41H58N6O10/c42-35-25-30(3-8-36(35)43-31-4-1-29(28-48)2-5-31)27-46-13-11-45(12-14-46)15-16-53-17-18-54-19-20-55-21-22-56-23-24-57-32-6-7-33-34(26-32)41(52)47(40(33)51)37-9-10-38(49)44-39(37)50/h3,6-8,25-26,29,31,37,43,48H,1-2,4-5,9-24,27-28,42H2,(H,44,49,50)/t29-,31+,37?. The highest BCUT2D eigenvalue weighted by molar-refractivity contribution is 6.23. The predicted molar refractivity (Wildman–Crippen MR) is 211 cm³/mol. The van der Waals surface area contributed by atoms with Gasteiger partial charge in [-0.3, -0.25) is 39.2 Å². The number of imide groups is 2. The van der Waals surface area contributed by atoms with E-state index in [4.69, 9.17) is 29.4 Å². The number of carbonyl (C=O) groups excluding carboxylic acids is 4. The fourth-order valence-electron chi connectivity index (χ4n) is 7.69.